The van der Waals surface area contributed by atoms with Crippen molar-refractivity contribution in [1.29, 1.82) is 0 Å². The van der Waals surface area contributed by atoms with Gasteiger partial charge in [-0.05, 0) is 70.6 Å². The summed E-state index contributed by atoms with van der Waals surface area (Å²) in [7, 11) is 5.38. The third kappa shape index (κ3) is 4.48. The SMILES string of the molecule is COc1ccc(OC)c(C(=O)N[C@H]2CCCN(C3CCN(C)CC3)C2)c1. The summed E-state index contributed by atoms with van der Waals surface area (Å²) in [6.45, 7) is 4.41. The molecule has 0 radical (unpaired) electrons. The van der Waals surface area contributed by atoms with Crippen LogP contribution in [-0.2, 0) is 0 Å². The molecule has 2 aliphatic rings. The average molecular weight is 361 g/mol. The van der Waals surface area contributed by atoms with E-state index in [9.17, 15) is 4.79 Å². The number of carbonyl (C=O) groups excluding carboxylic acids is 1. The number of amides is 1. The molecule has 144 valence electrons. The van der Waals surface area contributed by atoms with Crippen LogP contribution in [0.4, 0.5) is 0 Å². The topological polar surface area (TPSA) is 54.0 Å². The van der Waals surface area contributed by atoms with Gasteiger partial charge in [-0.1, -0.05) is 0 Å². The minimum absolute atomic E-state index is 0.0871. The molecule has 1 amide bonds. The van der Waals surface area contributed by atoms with E-state index in [2.05, 4.69) is 22.2 Å². The fraction of sp³-hybridized carbons (Fsp3) is 0.650. The van der Waals surface area contributed by atoms with Crippen molar-refractivity contribution in [2.75, 3.05) is 47.4 Å². The predicted molar refractivity (Wildman–Crippen MR) is 102 cm³/mol. The maximum Gasteiger partial charge on any atom is 0.255 e. The molecule has 2 heterocycles. The molecule has 2 aliphatic heterocycles. The second kappa shape index (κ2) is 8.73. The van der Waals surface area contributed by atoms with Crippen molar-refractivity contribution in [1.82, 2.24) is 15.1 Å². The van der Waals surface area contributed by atoms with Gasteiger partial charge >= 0.3 is 0 Å². The monoisotopic (exact) mass is 361 g/mol. The summed E-state index contributed by atoms with van der Waals surface area (Å²) < 4.78 is 10.6. The number of hydrogen-bond donors (Lipinski definition) is 1. The van der Waals surface area contributed by atoms with E-state index in [1.54, 1.807) is 32.4 Å². The number of hydrogen-bond acceptors (Lipinski definition) is 5. The van der Waals surface area contributed by atoms with Crippen LogP contribution in [0.5, 0.6) is 11.5 Å². The molecule has 0 unspecified atom stereocenters. The second-order valence-electron chi connectivity index (χ2n) is 7.41. The van der Waals surface area contributed by atoms with Gasteiger partial charge in [0, 0.05) is 18.6 Å². The van der Waals surface area contributed by atoms with Crippen molar-refractivity contribution in [2.24, 2.45) is 0 Å². The number of ether oxygens (including phenoxy) is 2. The van der Waals surface area contributed by atoms with Gasteiger partial charge in [0.1, 0.15) is 11.5 Å². The van der Waals surface area contributed by atoms with Crippen LogP contribution in [0.15, 0.2) is 18.2 Å². The van der Waals surface area contributed by atoms with Crippen LogP contribution in [0.2, 0.25) is 0 Å². The number of nitrogens with one attached hydrogen (secondary N) is 1. The molecular formula is C20H31N3O3. The van der Waals surface area contributed by atoms with Crippen LogP contribution in [0.25, 0.3) is 0 Å². The van der Waals surface area contributed by atoms with Gasteiger partial charge in [0.2, 0.25) is 0 Å². The maximum atomic E-state index is 12.8. The molecule has 0 spiro atoms. The highest BCUT2D eigenvalue weighted by Gasteiger charge is 2.29. The Hall–Kier alpha value is -1.79. The fourth-order valence-corrected chi connectivity index (χ4v) is 4.07. The molecule has 2 fully saturated rings. The first-order chi connectivity index (χ1) is 12.6. The lowest BCUT2D eigenvalue weighted by atomic mass is 9.98. The number of nitrogens with zero attached hydrogens (tertiary/aromatic N) is 2. The Labute approximate surface area is 156 Å². The molecule has 6 heteroatoms. The van der Waals surface area contributed by atoms with E-state index in [1.807, 2.05) is 0 Å². The normalized spacial score (nSPS) is 22.8. The molecule has 1 atom stereocenters. The molecule has 0 aromatic heterocycles. The summed E-state index contributed by atoms with van der Waals surface area (Å²) in [4.78, 5) is 17.8. The van der Waals surface area contributed by atoms with E-state index in [0.29, 0.717) is 23.1 Å². The van der Waals surface area contributed by atoms with Gasteiger partial charge in [-0.15, -0.1) is 0 Å². The summed E-state index contributed by atoms with van der Waals surface area (Å²) in [5, 5.41) is 3.21. The van der Waals surface area contributed by atoms with Crippen molar-refractivity contribution >= 4 is 5.91 Å². The summed E-state index contributed by atoms with van der Waals surface area (Å²) >= 11 is 0. The van der Waals surface area contributed by atoms with Gasteiger partial charge in [-0.2, -0.15) is 0 Å². The number of benzene rings is 1. The third-order valence-corrected chi connectivity index (χ3v) is 5.64. The minimum atomic E-state index is -0.0871. The molecule has 0 aliphatic carbocycles. The van der Waals surface area contributed by atoms with Crippen LogP contribution >= 0.6 is 0 Å². The highest BCUT2D eigenvalue weighted by molar-refractivity contribution is 5.97. The number of rotatable bonds is 5. The van der Waals surface area contributed by atoms with E-state index in [4.69, 9.17) is 9.47 Å². The zero-order chi connectivity index (χ0) is 18.5. The zero-order valence-corrected chi connectivity index (χ0v) is 16.2. The van der Waals surface area contributed by atoms with E-state index < -0.39 is 0 Å². The number of piperidine rings is 2. The van der Waals surface area contributed by atoms with Gasteiger partial charge in [0.25, 0.3) is 5.91 Å². The van der Waals surface area contributed by atoms with Crippen molar-refractivity contribution in [2.45, 2.75) is 37.8 Å². The first kappa shape index (κ1) is 19.0. The number of likely N-dealkylation sites (tertiary alicyclic amines) is 2. The van der Waals surface area contributed by atoms with Crippen molar-refractivity contribution < 1.29 is 14.3 Å². The number of methoxy groups -OCH3 is 2. The Bertz CT molecular complexity index is 614. The molecular weight excluding hydrogens is 330 g/mol. The van der Waals surface area contributed by atoms with E-state index in [-0.39, 0.29) is 11.9 Å². The molecule has 2 saturated heterocycles. The van der Waals surface area contributed by atoms with Gasteiger partial charge < -0.3 is 19.7 Å². The van der Waals surface area contributed by atoms with Crippen LogP contribution in [-0.4, -0.2) is 75.2 Å². The lowest BCUT2D eigenvalue weighted by Gasteiger charge is -2.41. The Balaban J connectivity index is 1.62. The lowest BCUT2D eigenvalue weighted by molar-refractivity contribution is 0.0764. The Morgan fingerprint density at radius 2 is 1.88 bits per heavy atom. The van der Waals surface area contributed by atoms with Crippen molar-refractivity contribution in [3.05, 3.63) is 23.8 Å². The van der Waals surface area contributed by atoms with Gasteiger partial charge in [-0.25, -0.2) is 0 Å². The summed E-state index contributed by atoms with van der Waals surface area (Å²) in [5.41, 5.74) is 0.531. The lowest BCUT2D eigenvalue weighted by Crippen LogP contribution is -2.53. The van der Waals surface area contributed by atoms with Crippen LogP contribution in [0, 0.1) is 0 Å². The van der Waals surface area contributed by atoms with Crippen molar-refractivity contribution in [3.8, 4) is 11.5 Å². The van der Waals surface area contributed by atoms with E-state index >= 15 is 0 Å². The first-order valence-electron chi connectivity index (χ1n) is 9.56. The summed E-state index contributed by atoms with van der Waals surface area (Å²) in [6, 6.07) is 6.16. The Morgan fingerprint density at radius 3 is 2.58 bits per heavy atom. The second-order valence-corrected chi connectivity index (χ2v) is 7.41. The number of carbonyl (C=O) groups is 1. The molecule has 0 saturated carbocycles. The van der Waals surface area contributed by atoms with Gasteiger partial charge in [-0.3, -0.25) is 9.69 Å². The fourth-order valence-electron chi connectivity index (χ4n) is 4.07. The van der Waals surface area contributed by atoms with E-state index in [0.717, 1.165) is 25.9 Å². The van der Waals surface area contributed by atoms with Crippen LogP contribution in [0.3, 0.4) is 0 Å². The maximum absolute atomic E-state index is 12.8. The third-order valence-electron chi connectivity index (χ3n) is 5.64. The first-order valence-corrected chi connectivity index (χ1v) is 9.56. The van der Waals surface area contributed by atoms with Gasteiger partial charge in [0.05, 0.1) is 19.8 Å². The van der Waals surface area contributed by atoms with Gasteiger partial charge in [0.15, 0.2) is 0 Å². The smallest absolute Gasteiger partial charge is 0.255 e. The van der Waals surface area contributed by atoms with Crippen LogP contribution in [0.1, 0.15) is 36.0 Å². The average Bonchev–Trinajstić information content (AvgIpc) is 2.68. The standard InChI is InChI=1S/C20H31N3O3/c1-22-11-8-16(9-12-22)23-10-4-5-15(14-23)21-20(24)18-13-17(25-2)6-7-19(18)26-3/h6-7,13,15-16H,4-5,8-12,14H2,1-3H3,(H,21,24)/t15-/m0/s1. The highest BCUT2D eigenvalue weighted by atomic mass is 16.5. The van der Waals surface area contributed by atoms with E-state index in [1.165, 1.54) is 25.9 Å². The summed E-state index contributed by atoms with van der Waals surface area (Å²) in [5.74, 6) is 1.15. The molecule has 1 aromatic carbocycles. The Morgan fingerprint density at radius 1 is 1.12 bits per heavy atom. The summed E-state index contributed by atoms with van der Waals surface area (Å²) in [6.07, 6.45) is 4.61. The molecule has 6 nitrogen and oxygen atoms in total. The Kier molecular flexibility index (Phi) is 6.38. The molecule has 1 aromatic rings. The molecule has 26 heavy (non-hydrogen) atoms. The molecule has 3 rings (SSSR count). The largest absolute Gasteiger partial charge is 0.497 e. The highest BCUT2D eigenvalue weighted by Crippen LogP contribution is 2.25. The van der Waals surface area contributed by atoms with Crippen molar-refractivity contribution in [3.63, 3.8) is 0 Å². The quantitative estimate of drug-likeness (QED) is 0.869. The molecule has 0 bridgehead atoms. The van der Waals surface area contributed by atoms with Crippen LogP contribution < -0.4 is 14.8 Å². The molecule has 1 N–H and O–H groups in total. The minimum Gasteiger partial charge on any atom is -0.497 e. The predicted octanol–water partition coefficient (Wildman–Crippen LogP) is 1.99. The zero-order valence-electron chi connectivity index (χ0n) is 16.2.